The van der Waals surface area contributed by atoms with Crippen molar-refractivity contribution in [3.63, 3.8) is 0 Å². The first-order valence-corrected chi connectivity index (χ1v) is 9.28. The number of nitrogens with one attached hydrogen (secondary N) is 2. The summed E-state index contributed by atoms with van der Waals surface area (Å²) in [7, 11) is 0. The minimum absolute atomic E-state index is 0.633. The van der Waals surface area contributed by atoms with Crippen LogP contribution < -0.4 is 20.3 Å². The molecular weight excluding hydrogens is 330 g/mol. The average molecular weight is 356 g/mol. The van der Waals surface area contributed by atoms with Gasteiger partial charge in [0.15, 0.2) is 5.11 Å². The summed E-state index contributed by atoms with van der Waals surface area (Å²) in [5, 5.41) is 7.14. The van der Waals surface area contributed by atoms with Crippen LogP contribution in [0.5, 0.6) is 5.75 Å². The number of rotatable bonds is 7. The Hall–Kier alpha value is -2.27. The second kappa shape index (κ2) is 8.72. The fraction of sp³-hybridized carbons (Fsp3) is 0.350. The van der Waals surface area contributed by atoms with E-state index in [1.165, 1.54) is 11.3 Å². The summed E-state index contributed by atoms with van der Waals surface area (Å²) in [6.07, 6.45) is 2.20. The van der Waals surface area contributed by atoms with Crippen molar-refractivity contribution in [2.75, 3.05) is 36.5 Å². The van der Waals surface area contributed by atoms with Gasteiger partial charge in [-0.15, -0.1) is 0 Å². The molecule has 0 saturated heterocycles. The van der Waals surface area contributed by atoms with Gasteiger partial charge in [0.05, 0.1) is 12.3 Å². The normalized spacial score (nSPS) is 12.6. The smallest absolute Gasteiger partial charge is 0.170 e. The predicted molar refractivity (Wildman–Crippen MR) is 109 cm³/mol. The number of ether oxygens (including phenoxy) is 1. The van der Waals surface area contributed by atoms with E-state index in [9.17, 15) is 0 Å². The predicted octanol–water partition coefficient (Wildman–Crippen LogP) is 3.82. The molecule has 1 heterocycles. The van der Waals surface area contributed by atoms with Crippen molar-refractivity contribution < 1.29 is 4.74 Å². The maximum Gasteiger partial charge on any atom is 0.170 e. The van der Waals surface area contributed by atoms with Crippen molar-refractivity contribution in [2.45, 2.75) is 19.8 Å². The monoisotopic (exact) mass is 355 g/mol. The second-order valence-corrected chi connectivity index (χ2v) is 6.44. The Morgan fingerprint density at radius 1 is 1.16 bits per heavy atom. The van der Waals surface area contributed by atoms with Crippen LogP contribution in [-0.2, 0) is 6.42 Å². The zero-order valence-electron chi connectivity index (χ0n) is 14.6. The summed E-state index contributed by atoms with van der Waals surface area (Å²) in [6.45, 7) is 5.62. The zero-order valence-corrected chi connectivity index (χ0v) is 15.4. The number of fused-ring (bicyclic) bond motifs is 1. The lowest BCUT2D eigenvalue weighted by Crippen LogP contribution is -2.32. The Bertz CT molecular complexity index is 720. The number of thiocarbonyl (C=S) groups is 1. The van der Waals surface area contributed by atoms with Gasteiger partial charge in [0, 0.05) is 25.3 Å². The highest BCUT2D eigenvalue weighted by Crippen LogP contribution is 2.27. The van der Waals surface area contributed by atoms with E-state index >= 15 is 0 Å². The van der Waals surface area contributed by atoms with Gasteiger partial charge in [-0.2, -0.15) is 0 Å². The van der Waals surface area contributed by atoms with Crippen LogP contribution in [0.3, 0.4) is 0 Å². The molecule has 0 radical (unpaired) electrons. The van der Waals surface area contributed by atoms with Crippen molar-refractivity contribution in [2.24, 2.45) is 0 Å². The van der Waals surface area contributed by atoms with Gasteiger partial charge in [-0.1, -0.05) is 30.3 Å². The molecule has 25 heavy (non-hydrogen) atoms. The zero-order chi connectivity index (χ0) is 17.5. The van der Waals surface area contributed by atoms with Crippen molar-refractivity contribution >= 4 is 28.7 Å². The van der Waals surface area contributed by atoms with Gasteiger partial charge >= 0.3 is 0 Å². The molecule has 0 unspecified atom stereocenters. The molecule has 0 amide bonds. The Morgan fingerprint density at radius 3 is 2.84 bits per heavy atom. The summed E-state index contributed by atoms with van der Waals surface area (Å²) in [5.41, 5.74) is 3.74. The third-order valence-electron chi connectivity index (χ3n) is 4.31. The fourth-order valence-corrected chi connectivity index (χ4v) is 3.34. The van der Waals surface area contributed by atoms with Gasteiger partial charge in [-0.3, -0.25) is 0 Å². The standard InChI is InChI=1S/C20H25N3OS/c1-2-24-19-11-6-4-9-17(19)22-20(25)21-13-7-14-23-15-12-16-8-3-5-10-18(16)23/h3-6,8-11H,2,7,12-15H2,1H3,(H2,21,22,25). The molecule has 1 aliphatic rings. The molecular formula is C20H25N3OS. The highest BCUT2D eigenvalue weighted by Gasteiger charge is 2.17. The molecule has 4 nitrogen and oxygen atoms in total. The van der Waals surface area contributed by atoms with Gasteiger partial charge in [-0.05, 0) is 55.7 Å². The molecule has 2 aromatic rings. The molecule has 3 rings (SSSR count). The number of para-hydroxylation sites is 3. The highest BCUT2D eigenvalue weighted by atomic mass is 32.1. The van der Waals surface area contributed by atoms with E-state index < -0.39 is 0 Å². The van der Waals surface area contributed by atoms with Crippen LogP contribution in [-0.4, -0.2) is 31.4 Å². The lowest BCUT2D eigenvalue weighted by Gasteiger charge is -2.20. The SMILES string of the molecule is CCOc1ccccc1NC(=S)NCCCN1CCc2ccccc21. The van der Waals surface area contributed by atoms with Gasteiger partial charge in [0.1, 0.15) is 5.75 Å². The van der Waals surface area contributed by atoms with E-state index in [2.05, 4.69) is 39.8 Å². The molecule has 0 bridgehead atoms. The summed E-state index contributed by atoms with van der Waals surface area (Å²) >= 11 is 5.40. The van der Waals surface area contributed by atoms with Crippen molar-refractivity contribution in [3.05, 3.63) is 54.1 Å². The third-order valence-corrected chi connectivity index (χ3v) is 4.56. The summed E-state index contributed by atoms with van der Waals surface area (Å²) < 4.78 is 5.61. The lowest BCUT2D eigenvalue weighted by molar-refractivity contribution is 0.342. The van der Waals surface area contributed by atoms with E-state index in [1.807, 2.05) is 31.2 Å². The minimum Gasteiger partial charge on any atom is -0.492 e. The Kier molecular flexibility index (Phi) is 6.12. The summed E-state index contributed by atoms with van der Waals surface area (Å²) in [4.78, 5) is 2.46. The molecule has 0 aliphatic carbocycles. The van der Waals surface area contributed by atoms with Crippen LogP contribution >= 0.6 is 12.2 Å². The van der Waals surface area contributed by atoms with Gasteiger partial charge in [0.2, 0.25) is 0 Å². The van der Waals surface area contributed by atoms with E-state index in [-0.39, 0.29) is 0 Å². The van der Waals surface area contributed by atoms with Crippen molar-refractivity contribution in [1.29, 1.82) is 0 Å². The topological polar surface area (TPSA) is 36.5 Å². The van der Waals surface area contributed by atoms with Crippen LogP contribution in [0.2, 0.25) is 0 Å². The van der Waals surface area contributed by atoms with E-state index in [4.69, 9.17) is 17.0 Å². The first-order valence-electron chi connectivity index (χ1n) is 8.87. The molecule has 0 saturated carbocycles. The van der Waals surface area contributed by atoms with Gasteiger partial charge in [0.25, 0.3) is 0 Å². The Morgan fingerprint density at radius 2 is 1.96 bits per heavy atom. The molecule has 132 valence electrons. The number of benzene rings is 2. The average Bonchev–Trinajstić information content (AvgIpc) is 3.04. The molecule has 1 aliphatic heterocycles. The minimum atomic E-state index is 0.633. The maximum absolute atomic E-state index is 5.61. The molecule has 2 N–H and O–H groups in total. The molecule has 0 aromatic heterocycles. The summed E-state index contributed by atoms with van der Waals surface area (Å²) in [6, 6.07) is 16.5. The lowest BCUT2D eigenvalue weighted by atomic mass is 10.2. The van der Waals surface area contributed by atoms with Crippen LogP contribution in [0.1, 0.15) is 18.9 Å². The Labute approximate surface area is 155 Å². The van der Waals surface area contributed by atoms with Crippen LogP contribution in [0.25, 0.3) is 0 Å². The van der Waals surface area contributed by atoms with Crippen molar-refractivity contribution in [1.82, 2.24) is 5.32 Å². The highest BCUT2D eigenvalue weighted by molar-refractivity contribution is 7.80. The third kappa shape index (κ3) is 4.63. The van der Waals surface area contributed by atoms with Crippen LogP contribution in [0, 0.1) is 0 Å². The molecule has 0 spiro atoms. The van der Waals surface area contributed by atoms with Gasteiger partial charge < -0.3 is 20.3 Å². The fourth-order valence-electron chi connectivity index (χ4n) is 3.13. The van der Waals surface area contributed by atoms with Crippen molar-refractivity contribution in [3.8, 4) is 5.75 Å². The molecule has 0 atom stereocenters. The number of hydrogen-bond acceptors (Lipinski definition) is 3. The quantitative estimate of drug-likeness (QED) is 0.583. The van der Waals surface area contributed by atoms with E-state index in [1.54, 1.807) is 0 Å². The Balaban J connectivity index is 1.42. The number of hydrogen-bond donors (Lipinski definition) is 2. The van der Waals surface area contributed by atoms with Gasteiger partial charge in [-0.25, -0.2) is 0 Å². The second-order valence-electron chi connectivity index (χ2n) is 6.03. The largest absolute Gasteiger partial charge is 0.492 e. The number of nitrogens with zero attached hydrogens (tertiary/aromatic N) is 1. The van der Waals surface area contributed by atoms with Crippen LogP contribution in [0.15, 0.2) is 48.5 Å². The maximum atomic E-state index is 5.61. The number of anilines is 2. The molecule has 0 fully saturated rings. The first kappa shape index (κ1) is 17.5. The van der Waals surface area contributed by atoms with E-state index in [0.29, 0.717) is 11.7 Å². The molecule has 2 aromatic carbocycles. The van der Waals surface area contributed by atoms with E-state index in [0.717, 1.165) is 43.9 Å². The molecule has 5 heteroatoms. The van der Waals surface area contributed by atoms with Crippen LogP contribution in [0.4, 0.5) is 11.4 Å². The first-order chi connectivity index (χ1) is 12.3. The summed E-state index contributed by atoms with van der Waals surface area (Å²) in [5.74, 6) is 0.822.